The van der Waals surface area contributed by atoms with Crippen molar-refractivity contribution in [2.45, 2.75) is 18.9 Å². The lowest BCUT2D eigenvalue weighted by Crippen LogP contribution is -2.48. The molecule has 0 unspecified atom stereocenters. The summed E-state index contributed by atoms with van der Waals surface area (Å²) in [6, 6.07) is 0.307. The Morgan fingerprint density at radius 1 is 1.26 bits per heavy atom. The van der Waals surface area contributed by atoms with E-state index in [1.54, 1.807) is 0 Å². The summed E-state index contributed by atoms with van der Waals surface area (Å²) in [7, 11) is -3.35. The van der Waals surface area contributed by atoms with Gasteiger partial charge in [0.05, 0.1) is 12.5 Å². The Morgan fingerprint density at radius 2 is 2.00 bits per heavy atom. The van der Waals surface area contributed by atoms with Crippen molar-refractivity contribution in [2.75, 3.05) is 25.9 Å². The zero-order chi connectivity index (χ0) is 16.8. The Balaban J connectivity index is 1.88. The van der Waals surface area contributed by atoms with Gasteiger partial charge >= 0.3 is 0 Å². The van der Waals surface area contributed by atoms with Crippen molar-refractivity contribution >= 4 is 15.9 Å². The van der Waals surface area contributed by atoms with E-state index in [1.165, 1.54) is 9.21 Å². The summed E-state index contributed by atoms with van der Waals surface area (Å²) in [6.45, 7) is 0.913. The molecular formula is C14H17F2N3O3S. The lowest BCUT2D eigenvalue weighted by Gasteiger charge is -2.35. The highest BCUT2D eigenvalue weighted by Crippen LogP contribution is 2.30. The zero-order valence-electron chi connectivity index (χ0n) is 12.6. The third-order valence-corrected chi connectivity index (χ3v) is 5.66. The molecule has 0 spiro atoms. The van der Waals surface area contributed by atoms with Crippen molar-refractivity contribution in [3.63, 3.8) is 0 Å². The maximum atomic E-state index is 13.8. The van der Waals surface area contributed by atoms with E-state index in [-0.39, 0.29) is 18.5 Å². The topological polar surface area (TPSA) is 70.6 Å². The number of halogens is 2. The van der Waals surface area contributed by atoms with Crippen molar-refractivity contribution in [1.29, 1.82) is 0 Å². The Morgan fingerprint density at radius 3 is 2.65 bits per heavy atom. The molecule has 3 aliphatic heterocycles. The Bertz CT molecular complexity index is 741. The highest BCUT2D eigenvalue weighted by molar-refractivity contribution is 7.88. The number of carbonyl (C=O) groups is 1. The minimum atomic E-state index is -3.35. The smallest absolute Gasteiger partial charge is 0.275 e. The van der Waals surface area contributed by atoms with Crippen LogP contribution in [-0.4, -0.2) is 60.4 Å². The molecule has 6 nitrogen and oxygen atoms in total. The van der Waals surface area contributed by atoms with Gasteiger partial charge in [-0.3, -0.25) is 4.79 Å². The number of hydrogen-bond donors (Lipinski definition) is 0. The Kier molecular flexibility index (Phi) is 4.09. The van der Waals surface area contributed by atoms with E-state index in [4.69, 9.17) is 0 Å². The number of pyridine rings is 1. The summed E-state index contributed by atoms with van der Waals surface area (Å²) in [5, 5.41) is 0. The van der Waals surface area contributed by atoms with Crippen LogP contribution in [0.3, 0.4) is 0 Å². The number of piperidine rings is 1. The average Bonchev–Trinajstić information content (AvgIpc) is 2.78. The molecule has 0 aromatic carbocycles. The summed E-state index contributed by atoms with van der Waals surface area (Å²) >= 11 is 0. The van der Waals surface area contributed by atoms with Crippen molar-refractivity contribution in [1.82, 2.24) is 14.2 Å². The fourth-order valence-electron chi connectivity index (χ4n) is 3.27. The Hall–Kier alpha value is -1.61. The molecule has 0 saturated carbocycles. The predicted octanol–water partition coefficient (Wildman–Crippen LogP) is 0.856. The molecule has 4 heterocycles. The van der Waals surface area contributed by atoms with Gasteiger partial charge in [-0.15, -0.1) is 0 Å². The van der Waals surface area contributed by atoms with Crippen molar-refractivity contribution in [2.24, 2.45) is 5.92 Å². The maximum absolute atomic E-state index is 13.8. The second kappa shape index (κ2) is 5.79. The third-order valence-electron chi connectivity index (χ3n) is 4.42. The van der Waals surface area contributed by atoms with E-state index in [1.807, 2.05) is 0 Å². The van der Waals surface area contributed by atoms with Crippen molar-refractivity contribution < 1.29 is 22.0 Å². The normalized spacial score (nSPS) is 25.4. The van der Waals surface area contributed by atoms with Gasteiger partial charge in [-0.1, -0.05) is 0 Å². The standard InChI is InChI=1S/C14H17F2N3O3S/c1-23(21,22)18-6-9-2-3-11(8-18)19(7-9)14(20)13-12(16)4-10(15)5-17-13/h4-5,9,11H,2-3,6-8H2,1H3/t9-,11+/m1/s1. The Labute approximate surface area is 133 Å². The minimum Gasteiger partial charge on any atom is -0.333 e. The molecule has 1 aromatic heterocycles. The molecular weight excluding hydrogens is 328 g/mol. The van der Waals surface area contributed by atoms with Crippen molar-refractivity contribution in [3.8, 4) is 0 Å². The SMILES string of the molecule is CS(=O)(=O)N1C[C@H]2CC[C@@H](C1)N(C(=O)c1ncc(F)cc1F)C2. The van der Waals surface area contributed by atoms with Gasteiger partial charge in [-0.05, 0) is 18.8 Å². The number of aromatic nitrogens is 1. The fourth-order valence-corrected chi connectivity index (χ4v) is 4.19. The highest BCUT2D eigenvalue weighted by atomic mass is 32.2. The second-order valence-corrected chi connectivity index (χ2v) is 8.10. The molecule has 9 heteroatoms. The first-order valence-corrected chi connectivity index (χ1v) is 9.17. The average molecular weight is 345 g/mol. The number of rotatable bonds is 2. The summed E-state index contributed by atoms with van der Waals surface area (Å²) in [4.78, 5) is 17.6. The van der Waals surface area contributed by atoms with Crippen LogP contribution < -0.4 is 0 Å². The van der Waals surface area contributed by atoms with Crippen LogP contribution in [0.2, 0.25) is 0 Å². The molecule has 0 N–H and O–H groups in total. The van der Waals surface area contributed by atoms with Gasteiger partial charge in [0.25, 0.3) is 5.91 Å². The van der Waals surface area contributed by atoms with Crippen LogP contribution in [-0.2, 0) is 10.0 Å². The first kappa shape index (κ1) is 16.3. The summed E-state index contributed by atoms with van der Waals surface area (Å²) in [5.41, 5.74) is -0.426. The monoisotopic (exact) mass is 345 g/mol. The molecule has 23 heavy (non-hydrogen) atoms. The first-order valence-electron chi connectivity index (χ1n) is 7.33. The van der Waals surface area contributed by atoms with Gasteiger partial charge in [0.1, 0.15) is 5.82 Å². The third kappa shape index (κ3) is 3.20. The number of nitrogens with zero attached hydrogens (tertiary/aromatic N) is 3. The summed E-state index contributed by atoms with van der Waals surface area (Å²) < 4.78 is 51.7. The van der Waals surface area contributed by atoms with Crippen LogP contribution in [0.15, 0.2) is 12.3 Å². The molecule has 2 bridgehead atoms. The largest absolute Gasteiger partial charge is 0.333 e. The summed E-state index contributed by atoms with van der Waals surface area (Å²) in [5.74, 6) is -2.46. The number of sulfonamides is 1. The van der Waals surface area contributed by atoms with Crippen LogP contribution in [0.5, 0.6) is 0 Å². The maximum Gasteiger partial charge on any atom is 0.275 e. The van der Waals surface area contributed by atoms with Gasteiger partial charge in [0.2, 0.25) is 10.0 Å². The molecule has 1 amide bonds. The van der Waals surface area contributed by atoms with E-state index in [2.05, 4.69) is 4.98 Å². The van der Waals surface area contributed by atoms with E-state index < -0.39 is 33.3 Å². The lowest BCUT2D eigenvalue weighted by atomic mass is 9.94. The van der Waals surface area contributed by atoms with Crippen LogP contribution >= 0.6 is 0 Å². The number of hydrogen-bond acceptors (Lipinski definition) is 4. The van der Waals surface area contributed by atoms with Gasteiger partial charge in [0.15, 0.2) is 11.5 Å². The van der Waals surface area contributed by atoms with E-state index >= 15 is 0 Å². The molecule has 3 aliphatic rings. The quantitative estimate of drug-likeness (QED) is 0.797. The van der Waals surface area contributed by atoms with Crippen LogP contribution in [0.1, 0.15) is 23.3 Å². The number of fused-ring (bicyclic) bond motifs is 4. The van der Waals surface area contributed by atoms with Crippen LogP contribution in [0.4, 0.5) is 8.78 Å². The van der Waals surface area contributed by atoms with E-state index in [0.29, 0.717) is 25.6 Å². The molecule has 2 atom stereocenters. The molecule has 4 rings (SSSR count). The highest BCUT2D eigenvalue weighted by Gasteiger charge is 2.40. The lowest BCUT2D eigenvalue weighted by molar-refractivity contribution is 0.0577. The molecule has 1 aromatic rings. The molecule has 126 valence electrons. The summed E-state index contributed by atoms with van der Waals surface area (Å²) in [6.07, 6.45) is 3.42. The number of carbonyl (C=O) groups excluding carboxylic acids is 1. The van der Waals surface area contributed by atoms with Gasteiger partial charge in [-0.2, -0.15) is 4.31 Å². The molecule has 0 radical (unpaired) electrons. The number of amides is 1. The minimum absolute atomic E-state index is 0.0101. The molecule has 0 aliphatic carbocycles. The van der Waals surface area contributed by atoms with Crippen molar-refractivity contribution in [3.05, 3.63) is 29.6 Å². The first-order chi connectivity index (χ1) is 10.8. The van der Waals surface area contributed by atoms with Crippen LogP contribution in [0, 0.1) is 17.6 Å². The van der Waals surface area contributed by atoms with Gasteiger partial charge in [0, 0.05) is 31.7 Å². The van der Waals surface area contributed by atoms with E-state index in [9.17, 15) is 22.0 Å². The van der Waals surface area contributed by atoms with Gasteiger partial charge in [-0.25, -0.2) is 22.2 Å². The van der Waals surface area contributed by atoms with E-state index in [0.717, 1.165) is 18.9 Å². The molecule has 3 fully saturated rings. The second-order valence-electron chi connectivity index (χ2n) is 6.12. The molecule has 3 saturated heterocycles. The van der Waals surface area contributed by atoms with Crippen LogP contribution in [0.25, 0.3) is 0 Å². The van der Waals surface area contributed by atoms with Gasteiger partial charge < -0.3 is 4.90 Å². The predicted molar refractivity (Wildman–Crippen MR) is 78.1 cm³/mol. The fraction of sp³-hybridized carbons (Fsp3) is 0.571. The zero-order valence-corrected chi connectivity index (χ0v) is 13.4.